The van der Waals surface area contributed by atoms with Crippen LogP contribution < -0.4 is 0 Å². The zero-order valence-electron chi connectivity index (χ0n) is 17.4. The molecule has 0 aliphatic rings. The van der Waals surface area contributed by atoms with Gasteiger partial charge in [0.2, 0.25) is 0 Å². The molecule has 0 N–H and O–H groups in total. The zero-order chi connectivity index (χ0) is 20.1. The average Bonchev–Trinajstić information content (AvgIpc) is 3.11. The number of hydrogen-bond donors (Lipinski definition) is 0. The van der Waals surface area contributed by atoms with Gasteiger partial charge in [-0.25, -0.2) is 15.0 Å². The summed E-state index contributed by atoms with van der Waals surface area (Å²) in [5.74, 6) is 0.865. The second-order valence-electron chi connectivity index (χ2n) is 7.95. The van der Waals surface area contributed by atoms with E-state index in [1.165, 1.54) is 16.5 Å². The lowest BCUT2D eigenvalue weighted by atomic mass is 10.0. The van der Waals surface area contributed by atoms with Gasteiger partial charge in [-0.05, 0) is 49.2 Å². The predicted molar refractivity (Wildman–Crippen MR) is 119 cm³/mol. The maximum Gasteiger partial charge on any atom is 0.138 e. The average molecular weight is 383 g/mol. The molecule has 0 amide bonds. The van der Waals surface area contributed by atoms with E-state index >= 15 is 0 Å². The molecule has 5 heteroatoms. The Hall–Kier alpha value is -3.05. The third kappa shape index (κ3) is 2.85. The van der Waals surface area contributed by atoms with E-state index in [1.54, 1.807) is 0 Å². The van der Waals surface area contributed by atoms with Crippen molar-refractivity contribution in [1.29, 1.82) is 0 Å². The molecule has 5 rings (SSSR count). The molecule has 0 spiro atoms. The van der Waals surface area contributed by atoms with Gasteiger partial charge in [0.1, 0.15) is 22.5 Å². The van der Waals surface area contributed by atoms with Gasteiger partial charge in [-0.3, -0.25) is 4.40 Å². The lowest BCUT2D eigenvalue weighted by Crippen LogP contribution is -2.10. The monoisotopic (exact) mass is 383 g/mol. The second kappa shape index (κ2) is 6.78. The molecule has 0 saturated carbocycles. The Morgan fingerprint density at radius 3 is 2.45 bits per heavy atom. The van der Waals surface area contributed by atoms with Crippen molar-refractivity contribution >= 4 is 38.4 Å². The Morgan fingerprint density at radius 1 is 0.862 bits per heavy atom. The Labute approximate surface area is 170 Å². The fourth-order valence-electron chi connectivity index (χ4n) is 4.17. The van der Waals surface area contributed by atoms with E-state index in [0.29, 0.717) is 0 Å². The Balaban J connectivity index is 1.95. The summed E-state index contributed by atoms with van der Waals surface area (Å²) >= 11 is 0. The van der Waals surface area contributed by atoms with Crippen molar-refractivity contribution in [2.24, 2.45) is 0 Å². The van der Waals surface area contributed by atoms with Gasteiger partial charge in [0.05, 0.1) is 5.52 Å². The van der Waals surface area contributed by atoms with Crippen LogP contribution in [0.3, 0.4) is 0 Å². The summed E-state index contributed by atoms with van der Waals surface area (Å²) in [6.45, 7) is 5.17. The van der Waals surface area contributed by atoms with Crippen molar-refractivity contribution < 1.29 is 0 Å². The lowest BCUT2D eigenvalue weighted by Gasteiger charge is -2.10. The number of aryl methyl sites for hydroxylation is 2. The summed E-state index contributed by atoms with van der Waals surface area (Å²) in [6.07, 6.45) is 5.93. The number of aromatic nitrogens is 4. The zero-order valence-corrected chi connectivity index (χ0v) is 17.4. The second-order valence-corrected chi connectivity index (χ2v) is 7.95. The molecule has 0 atom stereocenters. The number of hydrogen-bond acceptors (Lipinski definition) is 4. The van der Waals surface area contributed by atoms with E-state index in [9.17, 15) is 0 Å². The van der Waals surface area contributed by atoms with Gasteiger partial charge in [-0.2, -0.15) is 0 Å². The third-order valence-electron chi connectivity index (χ3n) is 5.61. The summed E-state index contributed by atoms with van der Waals surface area (Å²) < 4.78 is 2.18. The van der Waals surface area contributed by atoms with Crippen LogP contribution >= 0.6 is 0 Å². The summed E-state index contributed by atoms with van der Waals surface area (Å²) in [5.41, 5.74) is 6.60. The summed E-state index contributed by atoms with van der Waals surface area (Å²) in [4.78, 5) is 16.8. The predicted octanol–water partition coefficient (Wildman–Crippen LogP) is 4.77. The quantitative estimate of drug-likeness (QED) is 0.419. The standard InChI is InChI=1S/C24H25N5/c1-5-15-7-8-17-18(11-15)19-13-25-20(6-2)26-23(19)24-22(17)27-21-12-16(14-28(3)4)9-10-29(21)24/h7-13H,5-6,14H2,1-4H3. The normalized spacial score (nSPS) is 12.2. The maximum atomic E-state index is 5.06. The first-order valence-corrected chi connectivity index (χ1v) is 10.2. The minimum Gasteiger partial charge on any atom is -0.305 e. The van der Waals surface area contributed by atoms with Gasteiger partial charge < -0.3 is 4.90 Å². The lowest BCUT2D eigenvalue weighted by molar-refractivity contribution is 0.402. The van der Waals surface area contributed by atoms with Crippen LogP contribution in [0.2, 0.25) is 0 Å². The van der Waals surface area contributed by atoms with E-state index < -0.39 is 0 Å². The SMILES string of the molecule is CCc1ccc2c(c1)c1cnc(CC)nc1c1c2nc2cc(CN(C)C)ccn21. The van der Waals surface area contributed by atoms with Crippen LogP contribution in [0.25, 0.3) is 38.4 Å². The largest absolute Gasteiger partial charge is 0.305 e. The molecular formula is C24H25N5. The van der Waals surface area contributed by atoms with Crippen LogP contribution in [0.5, 0.6) is 0 Å². The van der Waals surface area contributed by atoms with Crippen LogP contribution in [0, 0.1) is 0 Å². The number of rotatable bonds is 4. The van der Waals surface area contributed by atoms with E-state index in [1.807, 2.05) is 6.20 Å². The number of imidazole rings is 1. The molecule has 3 aromatic heterocycles. The molecule has 0 saturated heterocycles. The molecule has 0 bridgehead atoms. The highest BCUT2D eigenvalue weighted by molar-refractivity contribution is 6.22. The van der Waals surface area contributed by atoms with E-state index in [4.69, 9.17) is 9.97 Å². The maximum absolute atomic E-state index is 5.06. The number of pyridine rings is 1. The van der Waals surface area contributed by atoms with Crippen molar-refractivity contribution in [3.63, 3.8) is 0 Å². The molecule has 0 aliphatic carbocycles. The van der Waals surface area contributed by atoms with Crippen molar-refractivity contribution in [2.75, 3.05) is 14.1 Å². The van der Waals surface area contributed by atoms with Crippen LogP contribution in [0.1, 0.15) is 30.8 Å². The van der Waals surface area contributed by atoms with Gasteiger partial charge in [-0.15, -0.1) is 0 Å². The van der Waals surface area contributed by atoms with Crippen molar-refractivity contribution in [3.8, 4) is 0 Å². The van der Waals surface area contributed by atoms with Crippen LogP contribution in [-0.2, 0) is 19.4 Å². The molecule has 5 nitrogen and oxygen atoms in total. The van der Waals surface area contributed by atoms with Crippen molar-refractivity contribution in [2.45, 2.75) is 33.2 Å². The fraction of sp³-hybridized carbons (Fsp3) is 0.292. The van der Waals surface area contributed by atoms with Gasteiger partial charge in [-0.1, -0.05) is 32.0 Å². The van der Waals surface area contributed by atoms with Crippen LogP contribution in [-0.4, -0.2) is 38.3 Å². The molecule has 29 heavy (non-hydrogen) atoms. The summed E-state index contributed by atoms with van der Waals surface area (Å²) in [6, 6.07) is 11.0. The minimum atomic E-state index is 0.814. The summed E-state index contributed by atoms with van der Waals surface area (Å²) in [5, 5.41) is 3.45. The van der Waals surface area contributed by atoms with Crippen LogP contribution in [0.15, 0.2) is 42.7 Å². The molecule has 0 fully saturated rings. The van der Waals surface area contributed by atoms with Gasteiger partial charge in [0.15, 0.2) is 0 Å². The molecule has 146 valence electrons. The topological polar surface area (TPSA) is 46.3 Å². The first-order chi connectivity index (χ1) is 14.1. The highest BCUT2D eigenvalue weighted by atomic mass is 15.1. The Kier molecular flexibility index (Phi) is 4.21. The Morgan fingerprint density at radius 2 is 1.69 bits per heavy atom. The molecule has 5 aromatic rings. The van der Waals surface area contributed by atoms with Crippen molar-refractivity contribution in [3.05, 3.63) is 59.7 Å². The van der Waals surface area contributed by atoms with E-state index in [0.717, 1.165) is 58.2 Å². The minimum absolute atomic E-state index is 0.814. The van der Waals surface area contributed by atoms with E-state index in [-0.39, 0.29) is 0 Å². The fourth-order valence-corrected chi connectivity index (χ4v) is 4.17. The molecule has 0 radical (unpaired) electrons. The third-order valence-corrected chi connectivity index (χ3v) is 5.61. The number of nitrogens with zero attached hydrogens (tertiary/aromatic N) is 5. The highest BCUT2D eigenvalue weighted by Gasteiger charge is 2.17. The first kappa shape index (κ1) is 18.0. The van der Waals surface area contributed by atoms with Gasteiger partial charge >= 0.3 is 0 Å². The first-order valence-electron chi connectivity index (χ1n) is 10.2. The number of fused-ring (bicyclic) bond motifs is 8. The molecule has 2 aromatic carbocycles. The molecule has 0 aliphatic heterocycles. The van der Waals surface area contributed by atoms with Gasteiger partial charge in [0.25, 0.3) is 0 Å². The summed E-state index contributed by atoms with van der Waals surface area (Å²) in [7, 11) is 4.17. The van der Waals surface area contributed by atoms with Crippen molar-refractivity contribution in [1.82, 2.24) is 24.3 Å². The van der Waals surface area contributed by atoms with E-state index in [2.05, 4.69) is 78.8 Å². The Bertz CT molecular complexity index is 1380. The molecule has 0 unspecified atom stereocenters. The number of benzene rings is 2. The van der Waals surface area contributed by atoms with Crippen LogP contribution in [0.4, 0.5) is 0 Å². The highest BCUT2D eigenvalue weighted by Crippen LogP contribution is 2.35. The smallest absolute Gasteiger partial charge is 0.138 e. The molecule has 3 heterocycles. The molecular weight excluding hydrogens is 358 g/mol. The van der Waals surface area contributed by atoms with Gasteiger partial charge in [0, 0.05) is 36.1 Å².